The van der Waals surface area contributed by atoms with Crippen LogP contribution in [0.25, 0.3) is 0 Å². The standard InChI is InChI=1S/C18H26O4/c1-2-8-16-15(7-1)19-11-5-13-21-17-9-3-4-10-18(17)22-14-6-12-20-16/h1-2,7-8,17-18H,3-6,9-14H2/t17-,18+. The van der Waals surface area contributed by atoms with Crippen LogP contribution in [0.5, 0.6) is 11.5 Å². The van der Waals surface area contributed by atoms with Crippen molar-refractivity contribution >= 4 is 0 Å². The fourth-order valence-corrected chi connectivity index (χ4v) is 3.08. The van der Waals surface area contributed by atoms with E-state index >= 15 is 0 Å². The van der Waals surface area contributed by atoms with Crippen molar-refractivity contribution in [2.24, 2.45) is 0 Å². The molecule has 0 unspecified atom stereocenters. The molecule has 1 aliphatic carbocycles. The van der Waals surface area contributed by atoms with Crippen molar-refractivity contribution in [2.45, 2.75) is 50.7 Å². The summed E-state index contributed by atoms with van der Waals surface area (Å²) in [7, 11) is 0. The van der Waals surface area contributed by atoms with E-state index in [1.165, 1.54) is 12.8 Å². The van der Waals surface area contributed by atoms with Gasteiger partial charge in [0.2, 0.25) is 0 Å². The number of hydrogen-bond acceptors (Lipinski definition) is 4. The summed E-state index contributed by atoms with van der Waals surface area (Å²) >= 11 is 0. The molecule has 4 heteroatoms. The Kier molecular flexibility index (Phi) is 5.96. The summed E-state index contributed by atoms with van der Waals surface area (Å²) < 4.78 is 23.7. The van der Waals surface area contributed by atoms with E-state index in [0.29, 0.717) is 13.2 Å². The Bertz CT molecular complexity index is 407. The normalized spacial score (nSPS) is 27.5. The fraction of sp³-hybridized carbons (Fsp3) is 0.667. The molecule has 1 aromatic carbocycles. The number of benzene rings is 1. The van der Waals surface area contributed by atoms with E-state index < -0.39 is 0 Å². The Labute approximate surface area is 132 Å². The molecule has 0 radical (unpaired) electrons. The van der Waals surface area contributed by atoms with Crippen LogP contribution >= 0.6 is 0 Å². The molecule has 1 saturated carbocycles. The van der Waals surface area contributed by atoms with Crippen LogP contribution in [0.4, 0.5) is 0 Å². The molecule has 0 amide bonds. The van der Waals surface area contributed by atoms with E-state index in [1.54, 1.807) is 0 Å². The van der Waals surface area contributed by atoms with Crippen LogP contribution in [0.1, 0.15) is 38.5 Å². The summed E-state index contributed by atoms with van der Waals surface area (Å²) in [5, 5.41) is 0. The maximum Gasteiger partial charge on any atom is 0.161 e. The molecule has 22 heavy (non-hydrogen) atoms. The minimum absolute atomic E-state index is 0.255. The van der Waals surface area contributed by atoms with Gasteiger partial charge >= 0.3 is 0 Å². The molecule has 3 rings (SSSR count). The minimum Gasteiger partial charge on any atom is -0.490 e. The van der Waals surface area contributed by atoms with Crippen molar-refractivity contribution in [1.82, 2.24) is 0 Å². The lowest BCUT2D eigenvalue weighted by atomic mass is 9.94. The summed E-state index contributed by atoms with van der Waals surface area (Å²) in [6.07, 6.45) is 7.01. The Morgan fingerprint density at radius 2 is 1.14 bits per heavy atom. The first-order chi connectivity index (χ1) is 10.9. The second-order valence-electron chi connectivity index (χ2n) is 5.95. The molecule has 1 heterocycles. The van der Waals surface area contributed by atoms with Crippen LogP contribution in [-0.4, -0.2) is 38.6 Å². The minimum atomic E-state index is 0.255. The second kappa shape index (κ2) is 8.39. The van der Waals surface area contributed by atoms with Crippen molar-refractivity contribution in [1.29, 1.82) is 0 Å². The summed E-state index contributed by atoms with van der Waals surface area (Å²) in [4.78, 5) is 0. The van der Waals surface area contributed by atoms with Crippen molar-refractivity contribution in [3.8, 4) is 11.5 Å². The van der Waals surface area contributed by atoms with Crippen molar-refractivity contribution in [3.63, 3.8) is 0 Å². The summed E-state index contributed by atoms with van der Waals surface area (Å²) in [5.74, 6) is 1.63. The Morgan fingerprint density at radius 1 is 0.636 bits per heavy atom. The summed E-state index contributed by atoms with van der Waals surface area (Å²) in [6.45, 7) is 2.76. The molecule has 0 N–H and O–H groups in total. The van der Waals surface area contributed by atoms with Gasteiger partial charge in [-0.3, -0.25) is 0 Å². The average Bonchev–Trinajstić information content (AvgIpc) is 2.56. The van der Waals surface area contributed by atoms with Gasteiger partial charge in [0.1, 0.15) is 0 Å². The average molecular weight is 306 g/mol. The highest BCUT2D eigenvalue weighted by Gasteiger charge is 2.26. The van der Waals surface area contributed by atoms with E-state index in [1.807, 2.05) is 24.3 Å². The van der Waals surface area contributed by atoms with Gasteiger partial charge in [0.15, 0.2) is 11.5 Å². The third-order valence-corrected chi connectivity index (χ3v) is 4.25. The van der Waals surface area contributed by atoms with Crippen LogP contribution in [0, 0.1) is 0 Å². The maximum atomic E-state index is 6.04. The highest BCUT2D eigenvalue weighted by molar-refractivity contribution is 5.39. The highest BCUT2D eigenvalue weighted by atomic mass is 16.5. The third-order valence-electron chi connectivity index (χ3n) is 4.25. The van der Waals surface area contributed by atoms with Gasteiger partial charge in [0.25, 0.3) is 0 Å². The maximum absolute atomic E-state index is 6.04. The first-order valence-electron chi connectivity index (χ1n) is 8.51. The molecular formula is C18H26O4. The van der Waals surface area contributed by atoms with Gasteiger partial charge in [-0.2, -0.15) is 0 Å². The first-order valence-corrected chi connectivity index (χ1v) is 8.51. The Hall–Kier alpha value is -1.26. The topological polar surface area (TPSA) is 36.9 Å². The van der Waals surface area contributed by atoms with Gasteiger partial charge in [-0.25, -0.2) is 0 Å². The molecule has 2 atom stereocenters. The lowest BCUT2D eigenvalue weighted by molar-refractivity contribution is -0.0952. The molecule has 4 nitrogen and oxygen atoms in total. The molecule has 1 aliphatic heterocycles. The SMILES string of the molecule is c1ccc2c(c1)OCCCO[C@H]1CCCC[C@H]1OCCCO2. The van der Waals surface area contributed by atoms with Crippen molar-refractivity contribution in [3.05, 3.63) is 24.3 Å². The van der Waals surface area contributed by atoms with E-state index in [0.717, 1.165) is 50.4 Å². The van der Waals surface area contributed by atoms with E-state index in [9.17, 15) is 0 Å². The lowest BCUT2D eigenvalue weighted by Gasteiger charge is -2.31. The van der Waals surface area contributed by atoms with Gasteiger partial charge in [-0.1, -0.05) is 25.0 Å². The number of fused-ring (bicyclic) bond motifs is 2. The largest absolute Gasteiger partial charge is 0.490 e. The van der Waals surface area contributed by atoms with Crippen LogP contribution in [0.15, 0.2) is 24.3 Å². The fourth-order valence-electron chi connectivity index (χ4n) is 3.08. The van der Waals surface area contributed by atoms with Gasteiger partial charge in [0, 0.05) is 12.8 Å². The zero-order valence-electron chi connectivity index (χ0n) is 13.2. The van der Waals surface area contributed by atoms with Gasteiger partial charge in [-0.15, -0.1) is 0 Å². The molecule has 0 bridgehead atoms. The van der Waals surface area contributed by atoms with E-state index in [-0.39, 0.29) is 12.2 Å². The molecule has 1 aromatic rings. The zero-order chi connectivity index (χ0) is 15.0. The molecule has 0 saturated heterocycles. The van der Waals surface area contributed by atoms with E-state index in [2.05, 4.69) is 0 Å². The molecule has 0 spiro atoms. The smallest absolute Gasteiger partial charge is 0.161 e. The molecule has 2 aliphatic rings. The van der Waals surface area contributed by atoms with Crippen LogP contribution < -0.4 is 9.47 Å². The first kappa shape index (κ1) is 15.6. The third kappa shape index (κ3) is 4.37. The van der Waals surface area contributed by atoms with Crippen molar-refractivity contribution < 1.29 is 18.9 Å². The van der Waals surface area contributed by atoms with Gasteiger partial charge in [0.05, 0.1) is 38.6 Å². The van der Waals surface area contributed by atoms with Gasteiger partial charge in [-0.05, 0) is 25.0 Å². The highest BCUT2D eigenvalue weighted by Crippen LogP contribution is 2.27. The Morgan fingerprint density at radius 3 is 1.64 bits per heavy atom. The quantitative estimate of drug-likeness (QED) is 0.734. The predicted octanol–water partition coefficient (Wildman–Crippen LogP) is 3.58. The van der Waals surface area contributed by atoms with Gasteiger partial charge < -0.3 is 18.9 Å². The summed E-state index contributed by atoms with van der Waals surface area (Å²) in [5.41, 5.74) is 0. The Balaban J connectivity index is 1.59. The molecule has 122 valence electrons. The van der Waals surface area contributed by atoms with Crippen molar-refractivity contribution in [2.75, 3.05) is 26.4 Å². The zero-order valence-corrected chi connectivity index (χ0v) is 13.2. The molecule has 1 fully saturated rings. The second-order valence-corrected chi connectivity index (χ2v) is 5.95. The van der Waals surface area contributed by atoms with E-state index in [4.69, 9.17) is 18.9 Å². The monoisotopic (exact) mass is 306 g/mol. The van der Waals surface area contributed by atoms with Crippen LogP contribution in [0.3, 0.4) is 0 Å². The number of rotatable bonds is 0. The molecular weight excluding hydrogens is 280 g/mol. The number of para-hydroxylation sites is 2. The van der Waals surface area contributed by atoms with Crippen LogP contribution in [0.2, 0.25) is 0 Å². The lowest BCUT2D eigenvalue weighted by Crippen LogP contribution is -2.35. The summed E-state index contributed by atoms with van der Waals surface area (Å²) in [6, 6.07) is 7.85. The number of hydrogen-bond donors (Lipinski definition) is 0. The molecule has 0 aromatic heterocycles. The number of ether oxygens (including phenoxy) is 4. The predicted molar refractivity (Wildman–Crippen MR) is 84.6 cm³/mol. The van der Waals surface area contributed by atoms with Crippen LogP contribution in [-0.2, 0) is 9.47 Å².